The number of nitrogens with one attached hydrogen (secondary N) is 3. The minimum Gasteiger partial charge on any atom is -0.354 e. The number of hydrogen-bond acceptors (Lipinski definition) is 4. The molecule has 0 aromatic heterocycles. The van der Waals surface area contributed by atoms with Crippen molar-refractivity contribution in [2.75, 3.05) is 13.1 Å². The summed E-state index contributed by atoms with van der Waals surface area (Å²) in [4.78, 5) is 24.8. The number of halogens is 2. The molecule has 0 unspecified atom stereocenters. The average Bonchev–Trinajstić information content (AvgIpc) is 2.79. The van der Waals surface area contributed by atoms with Crippen LogP contribution in [0.2, 0.25) is 5.02 Å². The van der Waals surface area contributed by atoms with Crippen molar-refractivity contribution >= 4 is 39.5 Å². The maximum Gasteiger partial charge on any atom is 0.244 e. The van der Waals surface area contributed by atoms with E-state index < -0.39 is 21.9 Å². The summed E-state index contributed by atoms with van der Waals surface area (Å²) in [6.07, 6.45) is 4.55. The number of aryl methyl sites for hydroxylation is 1. The van der Waals surface area contributed by atoms with Crippen molar-refractivity contribution in [1.29, 1.82) is 0 Å². The average molecular weight is 538 g/mol. The van der Waals surface area contributed by atoms with Crippen LogP contribution >= 0.6 is 11.6 Å². The molecule has 0 radical (unpaired) electrons. The van der Waals surface area contributed by atoms with Crippen LogP contribution in [-0.2, 0) is 19.6 Å². The molecule has 7 nitrogen and oxygen atoms in total. The van der Waals surface area contributed by atoms with Gasteiger partial charge in [-0.05, 0) is 61.9 Å². The number of carbonyl (C=O) groups excluding carboxylic acids is 2. The van der Waals surface area contributed by atoms with E-state index in [0.29, 0.717) is 25.8 Å². The Morgan fingerprint density at radius 1 is 1.06 bits per heavy atom. The van der Waals surface area contributed by atoms with Crippen LogP contribution in [0, 0.1) is 18.7 Å². The van der Waals surface area contributed by atoms with Crippen LogP contribution in [0.3, 0.4) is 0 Å². The van der Waals surface area contributed by atoms with E-state index in [0.717, 1.165) is 29.3 Å². The lowest BCUT2D eigenvalue weighted by Gasteiger charge is -2.19. The highest BCUT2D eigenvalue weighted by Gasteiger charge is 2.21. The molecule has 2 aromatic rings. The molecule has 2 aromatic carbocycles. The zero-order valence-corrected chi connectivity index (χ0v) is 22.3. The number of unbranched alkanes of at least 4 members (excludes halogenated alkanes) is 1. The van der Waals surface area contributed by atoms with Crippen LogP contribution in [0.4, 0.5) is 4.39 Å². The fourth-order valence-electron chi connectivity index (χ4n) is 3.33. The van der Waals surface area contributed by atoms with Crippen molar-refractivity contribution in [3.63, 3.8) is 0 Å². The van der Waals surface area contributed by atoms with Gasteiger partial charge in [-0.1, -0.05) is 55.3 Å². The summed E-state index contributed by atoms with van der Waals surface area (Å²) < 4.78 is 40.2. The predicted molar refractivity (Wildman–Crippen MR) is 140 cm³/mol. The Hall–Kier alpha value is -2.75. The number of hydrogen-bond donors (Lipinski definition) is 3. The Balaban J connectivity index is 1.79. The summed E-state index contributed by atoms with van der Waals surface area (Å²) in [5, 5.41) is 5.37. The van der Waals surface area contributed by atoms with Crippen LogP contribution < -0.4 is 15.4 Å². The van der Waals surface area contributed by atoms with Gasteiger partial charge in [0.05, 0.1) is 5.02 Å². The van der Waals surface area contributed by atoms with Crippen LogP contribution in [-0.4, -0.2) is 39.4 Å². The molecule has 2 amide bonds. The summed E-state index contributed by atoms with van der Waals surface area (Å²) in [5.41, 5.74) is 2.01. The van der Waals surface area contributed by atoms with E-state index in [9.17, 15) is 22.4 Å². The molecule has 2 rings (SSSR count). The normalized spacial score (nSPS) is 12.6. The largest absolute Gasteiger partial charge is 0.354 e. The van der Waals surface area contributed by atoms with E-state index in [1.165, 1.54) is 6.08 Å². The maximum atomic E-state index is 13.1. The van der Waals surface area contributed by atoms with E-state index >= 15 is 0 Å². The second kappa shape index (κ2) is 14.1. The molecular weight excluding hydrogens is 505 g/mol. The molecule has 36 heavy (non-hydrogen) atoms. The Labute approximate surface area is 217 Å². The van der Waals surface area contributed by atoms with E-state index in [4.69, 9.17) is 11.6 Å². The summed E-state index contributed by atoms with van der Waals surface area (Å²) in [6.45, 7) is 6.36. The number of sulfonamides is 1. The van der Waals surface area contributed by atoms with Gasteiger partial charge < -0.3 is 10.6 Å². The van der Waals surface area contributed by atoms with Crippen LogP contribution in [0.5, 0.6) is 0 Å². The van der Waals surface area contributed by atoms with E-state index in [1.807, 2.05) is 45.0 Å². The second-order valence-corrected chi connectivity index (χ2v) is 11.0. The first-order valence-corrected chi connectivity index (χ1v) is 13.6. The lowest BCUT2D eigenvalue weighted by molar-refractivity contribution is -0.127. The molecule has 0 spiro atoms. The van der Waals surface area contributed by atoms with Gasteiger partial charge in [0.15, 0.2) is 0 Å². The zero-order chi connectivity index (χ0) is 26.7. The molecule has 0 heterocycles. The first-order valence-electron chi connectivity index (χ1n) is 11.8. The van der Waals surface area contributed by atoms with E-state index in [-0.39, 0.29) is 34.2 Å². The standard InChI is InChI=1S/C26H33ClFN3O4S/c1-18(2)16-23(31-25(32)13-10-20-8-6-19(3)7-9-20)26(33)29-14-4-5-15-30-36(34,35)24-12-11-21(28)17-22(24)27/h6-13,17-18,23,30H,4-5,14-16H2,1-3H3,(H,29,33)(H,31,32)/b13-10+/t23-/m0/s1. The number of rotatable bonds is 13. The second-order valence-electron chi connectivity index (χ2n) is 8.91. The Bertz CT molecular complexity index is 1170. The van der Waals surface area contributed by atoms with Gasteiger partial charge in [-0.15, -0.1) is 0 Å². The zero-order valence-electron chi connectivity index (χ0n) is 20.7. The minimum atomic E-state index is -3.87. The summed E-state index contributed by atoms with van der Waals surface area (Å²) >= 11 is 5.83. The Morgan fingerprint density at radius 3 is 2.36 bits per heavy atom. The number of carbonyl (C=O) groups is 2. The minimum absolute atomic E-state index is 0.127. The molecule has 0 bridgehead atoms. The lowest BCUT2D eigenvalue weighted by atomic mass is 10.0. The molecule has 0 fully saturated rings. The Morgan fingerprint density at radius 2 is 1.72 bits per heavy atom. The molecule has 0 aliphatic rings. The van der Waals surface area contributed by atoms with Crippen molar-refractivity contribution in [2.24, 2.45) is 5.92 Å². The van der Waals surface area contributed by atoms with Gasteiger partial charge in [-0.3, -0.25) is 9.59 Å². The third-order valence-corrected chi connectivity index (χ3v) is 7.17. The molecule has 1 atom stereocenters. The van der Waals surface area contributed by atoms with Gasteiger partial charge in [0.1, 0.15) is 16.8 Å². The highest BCUT2D eigenvalue weighted by atomic mass is 35.5. The van der Waals surface area contributed by atoms with Crippen LogP contribution in [0.25, 0.3) is 6.08 Å². The Kier molecular flexibility index (Phi) is 11.6. The third kappa shape index (κ3) is 10.1. The number of benzene rings is 2. The first-order chi connectivity index (χ1) is 17.0. The van der Waals surface area contributed by atoms with E-state index in [2.05, 4.69) is 15.4 Å². The summed E-state index contributed by atoms with van der Waals surface area (Å²) in [7, 11) is -3.87. The molecule has 0 saturated carbocycles. The molecule has 0 aliphatic carbocycles. The van der Waals surface area contributed by atoms with Crippen molar-refractivity contribution in [2.45, 2.75) is 51.0 Å². The van der Waals surface area contributed by atoms with Crippen LogP contribution in [0.1, 0.15) is 44.2 Å². The fraction of sp³-hybridized carbons (Fsp3) is 0.385. The molecule has 196 valence electrons. The van der Waals surface area contributed by atoms with Gasteiger partial charge in [-0.2, -0.15) is 0 Å². The molecule has 0 aliphatic heterocycles. The van der Waals surface area contributed by atoms with Gasteiger partial charge in [0.25, 0.3) is 0 Å². The first kappa shape index (κ1) is 29.5. The molecular formula is C26H33ClFN3O4S. The van der Waals surface area contributed by atoms with Crippen LogP contribution in [0.15, 0.2) is 53.4 Å². The molecule has 3 N–H and O–H groups in total. The smallest absolute Gasteiger partial charge is 0.244 e. The third-order valence-electron chi connectivity index (χ3n) is 5.22. The van der Waals surface area contributed by atoms with E-state index in [1.54, 1.807) is 6.08 Å². The highest BCUT2D eigenvalue weighted by Crippen LogP contribution is 2.21. The summed E-state index contributed by atoms with van der Waals surface area (Å²) in [6, 6.07) is 10.1. The van der Waals surface area contributed by atoms with Gasteiger partial charge in [0, 0.05) is 19.2 Å². The predicted octanol–water partition coefficient (Wildman–Crippen LogP) is 4.21. The van der Waals surface area contributed by atoms with Crippen molar-refractivity contribution < 1.29 is 22.4 Å². The quantitative estimate of drug-likeness (QED) is 0.263. The number of amides is 2. The van der Waals surface area contributed by atoms with Gasteiger partial charge >= 0.3 is 0 Å². The SMILES string of the molecule is Cc1ccc(/C=C/C(=O)N[C@@H](CC(C)C)C(=O)NCCCCNS(=O)(=O)c2ccc(F)cc2Cl)cc1. The molecule has 0 saturated heterocycles. The lowest BCUT2D eigenvalue weighted by Crippen LogP contribution is -2.47. The molecule has 10 heteroatoms. The van der Waals surface area contributed by atoms with Gasteiger partial charge in [-0.25, -0.2) is 17.5 Å². The van der Waals surface area contributed by atoms with Gasteiger partial charge in [0.2, 0.25) is 21.8 Å². The van der Waals surface area contributed by atoms with Crippen molar-refractivity contribution in [3.8, 4) is 0 Å². The fourth-order valence-corrected chi connectivity index (χ4v) is 4.94. The van der Waals surface area contributed by atoms with Crippen molar-refractivity contribution in [3.05, 3.63) is 70.5 Å². The monoisotopic (exact) mass is 537 g/mol. The highest BCUT2D eigenvalue weighted by molar-refractivity contribution is 7.89. The topological polar surface area (TPSA) is 104 Å². The maximum absolute atomic E-state index is 13.1. The van der Waals surface area contributed by atoms with Crippen molar-refractivity contribution in [1.82, 2.24) is 15.4 Å². The summed E-state index contributed by atoms with van der Waals surface area (Å²) in [5.74, 6) is -1.08.